The van der Waals surface area contributed by atoms with Crippen LogP contribution in [-0.2, 0) is 0 Å². The van der Waals surface area contributed by atoms with Crippen LogP contribution in [0, 0.1) is 13.8 Å². The average molecular weight is 336 g/mol. The highest BCUT2D eigenvalue weighted by molar-refractivity contribution is 6.02. The number of benzene rings is 1. The van der Waals surface area contributed by atoms with Gasteiger partial charge in [-0.15, -0.1) is 0 Å². The van der Waals surface area contributed by atoms with E-state index in [9.17, 15) is 9.59 Å². The van der Waals surface area contributed by atoms with Gasteiger partial charge in [0.1, 0.15) is 5.82 Å². The molecule has 0 atom stereocenters. The van der Waals surface area contributed by atoms with E-state index in [0.29, 0.717) is 24.3 Å². The summed E-state index contributed by atoms with van der Waals surface area (Å²) in [5.41, 5.74) is 4.60. The third-order valence-corrected chi connectivity index (χ3v) is 4.97. The Morgan fingerprint density at radius 3 is 2.52 bits per heavy atom. The Morgan fingerprint density at radius 2 is 1.88 bits per heavy atom. The van der Waals surface area contributed by atoms with Crippen LogP contribution in [0.3, 0.4) is 0 Å². The van der Waals surface area contributed by atoms with Crippen molar-refractivity contribution in [1.29, 1.82) is 0 Å². The summed E-state index contributed by atoms with van der Waals surface area (Å²) in [6.07, 6.45) is 0. The number of Topliss-reactive ketones (excluding diaryl/α,β-unsaturated/α-hetero) is 1. The van der Waals surface area contributed by atoms with Gasteiger partial charge in [0.2, 0.25) is 0 Å². The van der Waals surface area contributed by atoms with Crippen LogP contribution in [0.1, 0.15) is 50.8 Å². The lowest BCUT2D eigenvalue weighted by Gasteiger charge is -2.38. The number of aryl methyl sites for hydroxylation is 1. The minimum Gasteiger partial charge on any atom is -0.355 e. The van der Waals surface area contributed by atoms with Crippen molar-refractivity contribution in [3.8, 4) is 0 Å². The molecule has 6 heteroatoms. The van der Waals surface area contributed by atoms with E-state index in [1.54, 1.807) is 0 Å². The molecule has 128 valence electrons. The maximum Gasteiger partial charge on any atom is 0.256 e. The second-order valence-corrected chi connectivity index (χ2v) is 6.73. The van der Waals surface area contributed by atoms with E-state index in [4.69, 9.17) is 0 Å². The second-order valence-electron chi connectivity index (χ2n) is 6.73. The molecule has 1 aliphatic heterocycles. The van der Waals surface area contributed by atoms with Gasteiger partial charge >= 0.3 is 0 Å². The molecular weight excluding hydrogens is 316 g/mol. The first-order valence-corrected chi connectivity index (χ1v) is 8.39. The van der Waals surface area contributed by atoms with E-state index < -0.39 is 0 Å². The maximum atomic E-state index is 12.8. The number of hydrogen-bond acceptors (Lipinski definition) is 3. The van der Waals surface area contributed by atoms with Crippen molar-refractivity contribution < 1.29 is 9.59 Å². The summed E-state index contributed by atoms with van der Waals surface area (Å²) >= 11 is 0. The monoisotopic (exact) mass is 336 g/mol. The number of fused-ring (bicyclic) bond motifs is 1. The molecule has 1 amide bonds. The van der Waals surface area contributed by atoms with Crippen molar-refractivity contribution in [2.24, 2.45) is 0 Å². The number of nitrogens with one attached hydrogen (secondary N) is 2. The van der Waals surface area contributed by atoms with Crippen molar-refractivity contribution >= 4 is 22.7 Å². The molecule has 2 aromatic heterocycles. The Hall–Kier alpha value is -2.89. The number of nitrogens with zero attached hydrogens (tertiary/aromatic N) is 2. The number of aromatic amines is 2. The Morgan fingerprint density at radius 1 is 1.16 bits per heavy atom. The summed E-state index contributed by atoms with van der Waals surface area (Å²) < 4.78 is 0. The zero-order valence-electron chi connectivity index (χ0n) is 14.5. The fourth-order valence-corrected chi connectivity index (χ4v) is 3.56. The van der Waals surface area contributed by atoms with Gasteiger partial charge in [0, 0.05) is 25.7 Å². The minimum absolute atomic E-state index is 0.0221. The number of para-hydroxylation sites is 2. The van der Waals surface area contributed by atoms with Crippen molar-refractivity contribution in [3.63, 3.8) is 0 Å². The van der Waals surface area contributed by atoms with E-state index in [1.807, 2.05) is 43.0 Å². The van der Waals surface area contributed by atoms with Gasteiger partial charge in [-0.3, -0.25) is 9.59 Å². The molecule has 2 N–H and O–H groups in total. The Balaban J connectivity index is 1.52. The molecule has 3 aromatic rings. The van der Waals surface area contributed by atoms with Crippen molar-refractivity contribution in [1.82, 2.24) is 19.9 Å². The van der Waals surface area contributed by atoms with Gasteiger partial charge in [0.25, 0.3) is 5.91 Å². The third kappa shape index (κ3) is 2.45. The topological polar surface area (TPSA) is 81.8 Å². The number of carbonyl (C=O) groups is 2. The maximum absolute atomic E-state index is 12.8. The lowest BCUT2D eigenvalue weighted by atomic mass is 9.97. The third-order valence-electron chi connectivity index (χ3n) is 4.97. The molecule has 0 aliphatic carbocycles. The molecule has 25 heavy (non-hydrogen) atoms. The molecule has 4 rings (SSSR count). The van der Waals surface area contributed by atoms with Crippen molar-refractivity contribution in [3.05, 3.63) is 52.6 Å². The molecule has 0 saturated carbocycles. The number of H-pyrrole nitrogens is 2. The lowest BCUT2D eigenvalue weighted by molar-refractivity contribution is 0.0594. The smallest absolute Gasteiger partial charge is 0.256 e. The van der Waals surface area contributed by atoms with Crippen LogP contribution in [0.15, 0.2) is 24.3 Å². The molecule has 1 aliphatic rings. The molecule has 6 nitrogen and oxygen atoms in total. The number of rotatable bonds is 3. The van der Waals surface area contributed by atoms with E-state index in [-0.39, 0.29) is 17.6 Å². The number of aromatic nitrogens is 3. The van der Waals surface area contributed by atoms with Gasteiger partial charge in [-0.05, 0) is 31.5 Å². The van der Waals surface area contributed by atoms with Gasteiger partial charge < -0.3 is 14.9 Å². The van der Waals surface area contributed by atoms with Gasteiger partial charge in [0.05, 0.1) is 28.2 Å². The van der Waals surface area contributed by atoms with E-state index in [0.717, 1.165) is 28.1 Å². The molecule has 1 aromatic carbocycles. The zero-order valence-corrected chi connectivity index (χ0v) is 14.5. The Bertz CT molecular complexity index is 959. The summed E-state index contributed by atoms with van der Waals surface area (Å²) in [6.45, 7) is 6.44. The van der Waals surface area contributed by atoms with Crippen LogP contribution in [0.2, 0.25) is 0 Å². The Labute approximate surface area is 145 Å². The van der Waals surface area contributed by atoms with Crippen molar-refractivity contribution in [2.45, 2.75) is 26.7 Å². The first-order valence-electron chi connectivity index (χ1n) is 8.39. The summed E-state index contributed by atoms with van der Waals surface area (Å²) in [7, 11) is 0. The summed E-state index contributed by atoms with van der Waals surface area (Å²) in [4.78, 5) is 37.3. The highest BCUT2D eigenvalue weighted by Crippen LogP contribution is 2.30. The molecule has 0 radical (unpaired) electrons. The number of hydrogen-bond donors (Lipinski definition) is 2. The number of ketones is 1. The zero-order chi connectivity index (χ0) is 17.7. The van der Waals surface area contributed by atoms with Crippen LogP contribution in [0.4, 0.5) is 0 Å². The van der Waals surface area contributed by atoms with Crippen LogP contribution in [0.5, 0.6) is 0 Å². The van der Waals surface area contributed by atoms with Gasteiger partial charge in [-0.1, -0.05) is 12.1 Å². The predicted octanol–water partition coefficient (Wildman–Crippen LogP) is 2.95. The summed E-state index contributed by atoms with van der Waals surface area (Å²) in [5, 5.41) is 0. The number of carbonyl (C=O) groups excluding carboxylic acids is 2. The first kappa shape index (κ1) is 15.6. The van der Waals surface area contributed by atoms with Crippen LogP contribution >= 0.6 is 0 Å². The number of likely N-dealkylation sites (tertiary alicyclic amines) is 1. The van der Waals surface area contributed by atoms with Crippen LogP contribution in [-0.4, -0.2) is 44.6 Å². The van der Waals surface area contributed by atoms with Gasteiger partial charge in [-0.2, -0.15) is 0 Å². The molecule has 1 saturated heterocycles. The lowest BCUT2D eigenvalue weighted by Crippen LogP contribution is -2.49. The minimum atomic E-state index is -0.0524. The molecule has 0 spiro atoms. The van der Waals surface area contributed by atoms with Crippen molar-refractivity contribution in [2.75, 3.05) is 13.1 Å². The summed E-state index contributed by atoms with van der Waals surface area (Å²) in [6, 6.07) is 7.93. The van der Waals surface area contributed by atoms with E-state index in [2.05, 4.69) is 15.0 Å². The molecule has 0 bridgehead atoms. The van der Waals surface area contributed by atoms with E-state index in [1.165, 1.54) is 6.92 Å². The number of imidazole rings is 1. The fraction of sp³-hybridized carbons (Fsp3) is 0.316. The standard InChI is InChI=1S/C19H20N4O2/c1-10-16(11(2)20-17(10)12(3)24)19(25)23-8-13(9-23)18-21-14-6-4-5-7-15(14)22-18/h4-7,13,20H,8-9H2,1-3H3,(H,21,22). The average Bonchev–Trinajstić information content (AvgIpc) is 3.06. The highest BCUT2D eigenvalue weighted by Gasteiger charge is 2.36. The normalized spacial score (nSPS) is 14.8. The second kappa shape index (κ2) is 5.58. The molecule has 3 heterocycles. The quantitative estimate of drug-likeness (QED) is 0.722. The first-order chi connectivity index (χ1) is 12.0. The summed E-state index contributed by atoms with van der Waals surface area (Å²) in [5.74, 6) is 1.08. The molecule has 0 unspecified atom stereocenters. The van der Waals surface area contributed by atoms with E-state index >= 15 is 0 Å². The van der Waals surface area contributed by atoms with Crippen LogP contribution in [0.25, 0.3) is 11.0 Å². The Kier molecular flexibility index (Phi) is 3.49. The molecular formula is C19H20N4O2. The van der Waals surface area contributed by atoms with Crippen LogP contribution < -0.4 is 0 Å². The SMILES string of the molecule is CC(=O)c1[nH]c(C)c(C(=O)N2CC(c3nc4ccccc4[nH]3)C2)c1C. The molecule has 1 fully saturated rings. The highest BCUT2D eigenvalue weighted by atomic mass is 16.2. The number of amides is 1. The fourth-order valence-electron chi connectivity index (χ4n) is 3.56. The predicted molar refractivity (Wildman–Crippen MR) is 95.0 cm³/mol. The van der Waals surface area contributed by atoms with Gasteiger partial charge in [-0.25, -0.2) is 4.98 Å². The van der Waals surface area contributed by atoms with Gasteiger partial charge in [0.15, 0.2) is 5.78 Å². The largest absolute Gasteiger partial charge is 0.355 e.